The Labute approximate surface area is 207 Å². The zero-order chi connectivity index (χ0) is 24.9. The third-order valence-corrected chi connectivity index (χ3v) is 7.03. The molecule has 1 aliphatic heterocycles. The van der Waals surface area contributed by atoms with Crippen LogP contribution in [0.25, 0.3) is 16.9 Å². The summed E-state index contributed by atoms with van der Waals surface area (Å²) in [5.41, 5.74) is 7.72. The van der Waals surface area contributed by atoms with Gasteiger partial charge in [-0.2, -0.15) is 0 Å². The van der Waals surface area contributed by atoms with Gasteiger partial charge < -0.3 is 15.4 Å². The average Bonchev–Trinajstić information content (AvgIpc) is 3.12. The Morgan fingerprint density at radius 3 is 2.44 bits per heavy atom. The van der Waals surface area contributed by atoms with Crippen LogP contribution in [0, 0.1) is 17.3 Å². The number of carbonyl (C=O) groups excluding carboxylic acids is 1. The highest BCUT2D eigenvalue weighted by Crippen LogP contribution is 2.54. The van der Waals surface area contributed by atoms with Gasteiger partial charge in [0, 0.05) is 24.5 Å². The minimum absolute atomic E-state index is 0.0225. The van der Waals surface area contributed by atoms with E-state index in [1.54, 1.807) is 21.0 Å². The lowest BCUT2D eigenvalue weighted by Gasteiger charge is -2.58. The first-order valence-corrected chi connectivity index (χ1v) is 11.8. The second-order valence-corrected chi connectivity index (χ2v) is 9.43. The van der Waals surface area contributed by atoms with Crippen molar-refractivity contribution in [3.05, 3.63) is 71.4 Å². The smallest absolute Gasteiger partial charge is 0.335 e. The van der Waals surface area contributed by atoms with Gasteiger partial charge in [0.15, 0.2) is 11.5 Å². The molecule has 3 heterocycles. The third-order valence-electron chi connectivity index (χ3n) is 7.03. The number of benzene rings is 2. The van der Waals surface area contributed by atoms with Gasteiger partial charge >= 0.3 is 5.69 Å². The van der Waals surface area contributed by atoms with Crippen molar-refractivity contribution in [3.8, 4) is 29.0 Å². The van der Waals surface area contributed by atoms with E-state index in [0.717, 1.165) is 18.6 Å². The van der Waals surface area contributed by atoms with Gasteiger partial charge in [0.2, 0.25) is 0 Å². The largest absolute Gasteiger partial charge is 0.457 e. The number of hydrogen-bond donors (Lipinski definition) is 1. The number of ether oxygens (including phenoxy) is 1. The maximum Gasteiger partial charge on any atom is 0.335 e. The van der Waals surface area contributed by atoms with Crippen molar-refractivity contribution in [2.45, 2.75) is 25.8 Å². The molecule has 1 saturated heterocycles. The van der Waals surface area contributed by atoms with Crippen LogP contribution >= 0.6 is 0 Å². The fourth-order valence-electron chi connectivity index (χ4n) is 5.40. The Bertz CT molecular complexity index is 1580. The van der Waals surface area contributed by atoms with Crippen LogP contribution in [-0.4, -0.2) is 43.0 Å². The SMILES string of the molecule is CC#CC(=O)N1CC2(CC(n3c(=O)n(-c4ccc(Oc5ccccc5)cc4)c4c(N)ncnc43)C2)C1. The predicted molar refractivity (Wildman–Crippen MR) is 135 cm³/mol. The van der Waals surface area contributed by atoms with E-state index in [4.69, 9.17) is 10.5 Å². The van der Waals surface area contributed by atoms with E-state index in [1.165, 1.54) is 6.33 Å². The lowest BCUT2D eigenvalue weighted by Crippen LogP contribution is -2.64. The van der Waals surface area contributed by atoms with Crippen molar-refractivity contribution in [1.82, 2.24) is 24.0 Å². The summed E-state index contributed by atoms with van der Waals surface area (Å²) < 4.78 is 9.18. The van der Waals surface area contributed by atoms with Gasteiger partial charge in [-0.25, -0.2) is 14.8 Å². The van der Waals surface area contributed by atoms with Crippen LogP contribution in [0.2, 0.25) is 0 Å². The van der Waals surface area contributed by atoms with E-state index in [-0.39, 0.29) is 28.9 Å². The molecule has 2 aliphatic rings. The number of aromatic nitrogens is 4. The summed E-state index contributed by atoms with van der Waals surface area (Å²) in [5, 5.41) is 0. The Hall–Kier alpha value is -4.58. The van der Waals surface area contributed by atoms with Crippen molar-refractivity contribution in [2.75, 3.05) is 18.8 Å². The van der Waals surface area contributed by atoms with Crippen molar-refractivity contribution >= 4 is 22.9 Å². The summed E-state index contributed by atoms with van der Waals surface area (Å²) in [7, 11) is 0. The van der Waals surface area contributed by atoms with Crippen molar-refractivity contribution in [1.29, 1.82) is 0 Å². The number of carbonyl (C=O) groups is 1. The number of nitrogen functional groups attached to an aromatic ring is 1. The summed E-state index contributed by atoms with van der Waals surface area (Å²) in [5.74, 6) is 6.74. The van der Waals surface area contributed by atoms with E-state index >= 15 is 0 Å². The normalized spacial score (nSPS) is 16.2. The molecule has 180 valence electrons. The van der Waals surface area contributed by atoms with Gasteiger partial charge in [-0.3, -0.25) is 13.9 Å². The summed E-state index contributed by atoms with van der Waals surface area (Å²) in [6.07, 6.45) is 2.97. The molecule has 0 atom stereocenters. The molecule has 2 N–H and O–H groups in total. The second-order valence-electron chi connectivity index (χ2n) is 9.43. The Morgan fingerprint density at radius 2 is 1.75 bits per heavy atom. The first kappa shape index (κ1) is 21.9. The quantitative estimate of drug-likeness (QED) is 0.450. The standard InChI is InChI=1S/C27H24N6O3/c1-2-6-22(34)31-15-27(16-31)13-19(14-27)33-25-23(24(28)29-17-30-25)32(26(33)35)18-9-11-21(12-10-18)36-20-7-4-3-5-8-20/h3-5,7-12,17,19H,13-16H2,1H3,(H2,28,29,30). The van der Waals surface area contributed by atoms with Gasteiger partial charge in [0.05, 0.1) is 5.69 Å². The maximum absolute atomic E-state index is 13.7. The molecular formula is C27H24N6O3. The number of rotatable bonds is 4. The molecule has 0 bridgehead atoms. The number of anilines is 1. The lowest BCUT2D eigenvalue weighted by atomic mass is 9.60. The number of para-hydroxylation sites is 1. The maximum atomic E-state index is 13.7. The lowest BCUT2D eigenvalue weighted by molar-refractivity contribution is -0.147. The molecule has 1 saturated carbocycles. The molecule has 1 amide bonds. The van der Waals surface area contributed by atoms with Gasteiger partial charge in [0.1, 0.15) is 23.3 Å². The van der Waals surface area contributed by atoms with E-state index in [1.807, 2.05) is 54.6 Å². The molecule has 1 spiro atoms. The molecule has 2 aromatic carbocycles. The van der Waals surface area contributed by atoms with Gasteiger partial charge in [-0.05, 0) is 62.1 Å². The monoisotopic (exact) mass is 480 g/mol. The van der Waals surface area contributed by atoms with Crippen LogP contribution in [0.4, 0.5) is 5.82 Å². The Kier molecular flexibility index (Phi) is 5.04. The molecule has 9 nitrogen and oxygen atoms in total. The molecule has 0 radical (unpaired) electrons. The van der Waals surface area contributed by atoms with Gasteiger partial charge in [-0.15, -0.1) is 0 Å². The summed E-state index contributed by atoms with van der Waals surface area (Å²) in [6.45, 7) is 3.00. The molecule has 2 aromatic heterocycles. The topological polar surface area (TPSA) is 108 Å². The van der Waals surface area contributed by atoms with Crippen molar-refractivity contribution < 1.29 is 9.53 Å². The number of likely N-dealkylation sites (tertiary alicyclic amines) is 1. The first-order chi connectivity index (χ1) is 17.5. The Balaban J connectivity index is 1.30. The highest BCUT2D eigenvalue weighted by Gasteiger charge is 2.54. The summed E-state index contributed by atoms with van der Waals surface area (Å²) in [6, 6.07) is 16.7. The van der Waals surface area contributed by atoms with Crippen LogP contribution < -0.4 is 16.2 Å². The van der Waals surface area contributed by atoms with Crippen LogP contribution in [0.1, 0.15) is 25.8 Å². The zero-order valence-electron chi connectivity index (χ0n) is 19.7. The van der Waals surface area contributed by atoms with Crippen LogP contribution in [0.3, 0.4) is 0 Å². The van der Waals surface area contributed by atoms with Crippen LogP contribution in [0.5, 0.6) is 11.5 Å². The average molecular weight is 481 g/mol. The molecule has 2 fully saturated rings. The predicted octanol–water partition coefficient (Wildman–Crippen LogP) is 3.14. The number of hydrogen-bond acceptors (Lipinski definition) is 6. The second kappa shape index (κ2) is 8.27. The minimum atomic E-state index is -0.210. The molecule has 0 unspecified atom stereocenters. The molecule has 1 aliphatic carbocycles. The molecular weight excluding hydrogens is 456 g/mol. The van der Waals surface area contributed by atoms with Gasteiger partial charge in [-0.1, -0.05) is 24.1 Å². The summed E-state index contributed by atoms with van der Waals surface area (Å²) in [4.78, 5) is 36.1. The van der Waals surface area contributed by atoms with Crippen LogP contribution in [-0.2, 0) is 4.79 Å². The number of nitrogens with zero attached hydrogens (tertiary/aromatic N) is 5. The van der Waals surface area contributed by atoms with Crippen molar-refractivity contribution in [3.63, 3.8) is 0 Å². The van der Waals surface area contributed by atoms with E-state index < -0.39 is 0 Å². The number of nitrogens with two attached hydrogens (primary N) is 1. The van der Waals surface area contributed by atoms with E-state index in [0.29, 0.717) is 35.7 Å². The Morgan fingerprint density at radius 1 is 1.06 bits per heavy atom. The van der Waals surface area contributed by atoms with Crippen LogP contribution in [0.15, 0.2) is 65.7 Å². The van der Waals surface area contributed by atoms with Gasteiger partial charge in [0.25, 0.3) is 5.91 Å². The summed E-state index contributed by atoms with van der Waals surface area (Å²) >= 11 is 0. The van der Waals surface area contributed by atoms with Crippen molar-refractivity contribution in [2.24, 2.45) is 5.41 Å². The molecule has 36 heavy (non-hydrogen) atoms. The highest BCUT2D eigenvalue weighted by molar-refractivity contribution is 5.94. The van der Waals surface area contributed by atoms with E-state index in [2.05, 4.69) is 21.8 Å². The fourth-order valence-corrected chi connectivity index (χ4v) is 5.40. The number of amides is 1. The van der Waals surface area contributed by atoms with E-state index in [9.17, 15) is 9.59 Å². The molecule has 4 aromatic rings. The fraction of sp³-hybridized carbons (Fsp3) is 0.259. The zero-order valence-corrected chi connectivity index (χ0v) is 19.7. The third kappa shape index (κ3) is 3.50. The number of fused-ring (bicyclic) bond motifs is 1. The molecule has 9 heteroatoms. The minimum Gasteiger partial charge on any atom is -0.457 e. The highest BCUT2D eigenvalue weighted by atomic mass is 16.5. The number of imidazole rings is 1. The first-order valence-electron chi connectivity index (χ1n) is 11.8. The molecule has 6 rings (SSSR count).